The van der Waals surface area contributed by atoms with Gasteiger partial charge in [0, 0.05) is 46.2 Å². The van der Waals surface area contributed by atoms with Crippen LogP contribution in [0.3, 0.4) is 0 Å². The third-order valence-electron chi connectivity index (χ3n) is 9.27. The molecule has 1 N–H and O–H groups in total. The second kappa shape index (κ2) is 13.8. The van der Waals surface area contributed by atoms with Crippen LogP contribution in [0.2, 0.25) is 0 Å². The van der Waals surface area contributed by atoms with E-state index >= 15 is 0 Å². The number of nitrogens with zero attached hydrogens (tertiary/aromatic N) is 2. The average molecular weight is 641 g/mol. The molecule has 0 bridgehead atoms. The van der Waals surface area contributed by atoms with Crippen LogP contribution in [0.25, 0.3) is 32.8 Å². The van der Waals surface area contributed by atoms with Crippen LogP contribution in [0.4, 0.5) is 10.5 Å². The third kappa shape index (κ3) is 6.34. The Bertz CT molecular complexity index is 2090. The first-order valence-electron chi connectivity index (χ1n) is 16.6. The van der Waals surface area contributed by atoms with E-state index in [1.165, 1.54) is 5.56 Å². The SMILES string of the molecule is Cc1ccc(Cn2c(OC(=O)O)c(CCCOc3cccc4ccccc34)c3cccc(-c4ccccc4N4CCOCC4)c32)c(C)c1. The number of aromatic nitrogens is 1. The van der Waals surface area contributed by atoms with Crippen LogP contribution in [0.5, 0.6) is 11.6 Å². The number of morpholine rings is 1. The quantitative estimate of drug-likeness (QED) is 0.119. The number of ether oxygens (including phenoxy) is 3. The highest BCUT2D eigenvalue weighted by Gasteiger charge is 2.25. The molecule has 6 aromatic rings. The standard InChI is InChI=1S/C41H40N2O5/c1-28-19-20-31(29(2)26-28)27-43-39-34(33-13-5-6-17-37(33)42-21-24-46-25-22-42)14-8-15-35(39)36(40(43)48-41(44)45)16-9-23-47-38-18-7-11-30-10-3-4-12-32(30)38/h3-8,10-15,17-20,26H,9,16,21-25,27H2,1-2H3,(H,44,45). The average Bonchev–Trinajstić information content (AvgIpc) is 3.39. The molecule has 0 amide bonds. The van der Waals surface area contributed by atoms with Gasteiger partial charge in [0.25, 0.3) is 0 Å². The van der Waals surface area contributed by atoms with E-state index in [-0.39, 0.29) is 0 Å². The lowest BCUT2D eigenvalue weighted by Gasteiger charge is -2.31. The summed E-state index contributed by atoms with van der Waals surface area (Å²) in [6.45, 7) is 8.12. The van der Waals surface area contributed by atoms with Gasteiger partial charge in [0.05, 0.1) is 31.9 Å². The van der Waals surface area contributed by atoms with Gasteiger partial charge >= 0.3 is 6.16 Å². The highest BCUT2D eigenvalue weighted by molar-refractivity contribution is 6.01. The maximum Gasteiger partial charge on any atom is 0.512 e. The van der Waals surface area contributed by atoms with Crippen molar-refractivity contribution in [1.29, 1.82) is 0 Å². The van der Waals surface area contributed by atoms with E-state index in [0.29, 0.717) is 45.1 Å². The van der Waals surface area contributed by atoms with Gasteiger partial charge in [-0.1, -0.05) is 96.6 Å². The van der Waals surface area contributed by atoms with E-state index in [9.17, 15) is 9.90 Å². The van der Waals surface area contributed by atoms with Crippen LogP contribution >= 0.6 is 0 Å². The van der Waals surface area contributed by atoms with Crippen LogP contribution in [0.1, 0.15) is 28.7 Å². The summed E-state index contributed by atoms with van der Waals surface area (Å²) in [4.78, 5) is 14.7. The Balaban J connectivity index is 1.33. The zero-order valence-electron chi connectivity index (χ0n) is 27.4. The first-order chi connectivity index (χ1) is 23.5. The van der Waals surface area contributed by atoms with Crippen molar-refractivity contribution in [3.8, 4) is 22.8 Å². The molecule has 0 aliphatic carbocycles. The fourth-order valence-electron chi connectivity index (χ4n) is 6.99. The summed E-state index contributed by atoms with van der Waals surface area (Å²) in [5.41, 5.74) is 8.53. The van der Waals surface area contributed by atoms with E-state index in [1.54, 1.807) is 0 Å². The van der Waals surface area contributed by atoms with Crippen molar-refractivity contribution in [3.63, 3.8) is 0 Å². The van der Waals surface area contributed by atoms with Gasteiger partial charge in [-0.2, -0.15) is 0 Å². The minimum absolute atomic E-state index is 0.360. The topological polar surface area (TPSA) is 73.2 Å². The molecule has 0 spiro atoms. The molecular weight excluding hydrogens is 600 g/mol. The molecule has 0 unspecified atom stereocenters. The summed E-state index contributed by atoms with van der Waals surface area (Å²) in [6.07, 6.45) is -0.0716. The van der Waals surface area contributed by atoms with Gasteiger partial charge in [-0.3, -0.25) is 0 Å². The van der Waals surface area contributed by atoms with Crippen molar-refractivity contribution < 1.29 is 24.1 Å². The van der Waals surface area contributed by atoms with Crippen molar-refractivity contribution in [2.75, 3.05) is 37.8 Å². The lowest BCUT2D eigenvalue weighted by Crippen LogP contribution is -2.36. The van der Waals surface area contributed by atoms with E-state index in [0.717, 1.165) is 74.0 Å². The zero-order chi connectivity index (χ0) is 33.0. The number of benzene rings is 5. The van der Waals surface area contributed by atoms with E-state index in [4.69, 9.17) is 14.2 Å². The van der Waals surface area contributed by atoms with Gasteiger partial charge in [0.1, 0.15) is 5.75 Å². The maximum absolute atomic E-state index is 12.3. The summed E-state index contributed by atoms with van der Waals surface area (Å²) in [5, 5.41) is 13.2. The second-order valence-electron chi connectivity index (χ2n) is 12.4. The van der Waals surface area contributed by atoms with Crippen LogP contribution in [0, 0.1) is 13.8 Å². The van der Waals surface area contributed by atoms with Crippen LogP contribution in [-0.2, 0) is 17.7 Å². The van der Waals surface area contributed by atoms with Gasteiger partial charge < -0.3 is 28.8 Å². The zero-order valence-corrected chi connectivity index (χ0v) is 27.4. The molecular formula is C41H40N2O5. The minimum atomic E-state index is -1.33. The van der Waals surface area contributed by atoms with E-state index < -0.39 is 6.16 Å². The van der Waals surface area contributed by atoms with Crippen LogP contribution < -0.4 is 14.4 Å². The molecule has 2 heterocycles. The smallest absolute Gasteiger partial charge is 0.493 e. The molecule has 1 aromatic heterocycles. The fourth-order valence-corrected chi connectivity index (χ4v) is 6.99. The lowest BCUT2D eigenvalue weighted by atomic mass is 9.98. The maximum atomic E-state index is 12.3. The highest BCUT2D eigenvalue weighted by Crippen LogP contribution is 2.42. The molecule has 1 fully saturated rings. The number of anilines is 1. The predicted octanol–water partition coefficient (Wildman–Crippen LogP) is 9.03. The molecule has 0 atom stereocenters. The summed E-state index contributed by atoms with van der Waals surface area (Å²) in [6, 6.07) is 35.4. The van der Waals surface area contributed by atoms with Crippen molar-refractivity contribution in [3.05, 3.63) is 125 Å². The van der Waals surface area contributed by atoms with Crippen molar-refractivity contribution in [2.45, 2.75) is 33.2 Å². The molecule has 1 aliphatic rings. The summed E-state index contributed by atoms with van der Waals surface area (Å²) < 4.78 is 19.7. The molecule has 7 heteroatoms. The number of hydrogen-bond acceptors (Lipinski definition) is 5. The summed E-state index contributed by atoms with van der Waals surface area (Å²) in [5.74, 6) is 1.20. The van der Waals surface area contributed by atoms with Crippen LogP contribution in [-0.4, -0.2) is 48.7 Å². The predicted molar refractivity (Wildman–Crippen MR) is 192 cm³/mol. The molecule has 0 saturated carbocycles. The number of carboxylic acid groups (broad SMARTS) is 1. The largest absolute Gasteiger partial charge is 0.512 e. The summed E-state index contributed by atoms with van der Waals surface area (Å²) in [7, 11) is 0. The van der Waals surface area contributed by atoms with Crippen LogP contribution in [0.15, 0.2) is 103 Å². The summed E-state index contributed by atoms with van der Waals surface area (Å²) >= 11 is 0. The molecule has 0 radical (unpaired) electrons. The Morgan fingerprint density at radius 2 is 1.56 bits per heavy atom. The minimum Gasteiger partial charge on any atom is -0.493 e. The molecule has 1 saturated heterocycles. The third-order valence-corrected chi connectivity index (χ3v) is 9.27. The number of aryl methyl sites for hydroxylation is 3. The Morgan fingerprint density at radius 1 is 0.833 bits per heavy atom. The van der Waals surface area contributed by atoms with Crippen molar-refractivity contribution >= 4 is 33.5 Å². The number of hydrogen-bond donors (Lipinski definition) is 1. The Morgan fingerprint density at radius 3 is 2.40 bits per heavy atom. The van der Waals surface area contributed by atoms with Gasteiger partial charge in [-0.15, -0.1) is 0 Å². The molecule has 7 rings (SSSR count). The number of fused-ring (bicyclic) bond motifs is 2. The number of rotatable bonds is 10. The lowest BCUT2D eigenvalue weighted by molar-refractivity contribution is 0.123. The first kappa shape index (κ1) is 31.3. The van der Waals surface area contributed by atoms with E-state index in [2.05, 4.69) is 102 Å². The Labute approximate surface area is 280 Å². The highest BCUT2D eigenvalue weighted by atomic mass is 16.7. The normalized spacial score (nSPS) is 13.2. The van der Waals surface area contributed by atoms with Gasteiger partial charge in [-0.25, -0.2) is 4.79 Å². The second-order valence-corrected chi connectivity index (χ2v) is 12.4. The molecule has 244 valence electrons. The van der Waals surface area contributed by atoms with E-state index in [1.807, 2.05) is 24.3 Å². The van der Waals surface area contributed by atoms with Gasteiger partial charge in [-0.05, 0) is 55.3 Å². The van der Waals surface area contributed by atoms with Gasteiger partial charge in [0.2, 0.25) is 5.88 Å². The van der Waals surface area contributed by atoms with Crippen molar-refractivity contribution in [1.82, 2.24) is 4.57 Å². The molecule has 7 nitrogen and oxygen atoms in total. The molecule has 1 aliphatic heterocycles. The number of para-hydroxylation sites is 2. The monoisotopic (exact) mass is 640 g/mol. The number of carbonyl (C=O) groups is 1. The molecule has 48 heavy (non-hydrogen) atoms. The Hall–Kier alpha value is -5.27. The Kier molecular flexibility index (Phi) is 9.03. The van der Waals surface area contributed by atoms with Gasteiger partial charge in [0.15, 0.2) is 0 Å². The first-order valence-corrected chi connectivity index (χ1v) is 16.6. The molecule has 5 aromatic carbocycles. The fraction of sp³-hybridized carbons (Fsp3) is 0.244. The van der Waals surface area contributed by atoms with Crippen molar-refractivity contribution in [2.24, 2.45) is 0 Å².